The molecule has 0 spiro atoms. The van der Waals surface area contributed by atoms with E-state index in [0.29, 0.717) is 38.4 Å². The molecule has 0 radical (unpaired) electrons. The van der Waals surface area contributed by atoms with E-state index in [1.807, 2.05) is 41.5 Å². The summed E-state index contributed by atoms with van der Waals surface area (Å²) in [6.07, 6.45) is 2.00. The van der Waals surface area contributed by atoms with Crippen LogP contribution in [0.4, 0.5) is 17.1 Å². The van der Waals surface area contributed by atoms with Crippen LogP contribution in [0.25, 0.3) is 0 Å². The Kier molecular flexibility index (Phi) is 6.31. The lowest BCUT2D eigenvalue weighted by molar-refractivity contribution is -0.384. The molecule has 7 nitrogen and oxygen atoms in total. The summed E-state index contributed by atoms with van der Waals surface area (Å²) < 4.78 is 0. The Bertz CT molecular complexity index is 822. The standard InChI is InChI=1S/C19H22N4O3S/c1-27-16-6-4-5-15(13-16)20-19(24)14-21-9-11-22(12-10-21)17-7-2-3-8-18(17)23(25)26/h2-8,13H,9-12,14H2,1H3,(H,20,24). The molecule has 1 saturated heterocycles. The minimum absolute atomic E-state index is 0.0487. The third-order valence-corrected chi connectivity index (χ3v) is 5.24. The number of para-hydroxylation sites is 2. The molecule has 0 unspecified atom stereocenters. The van der Waals surface area contributed by atoms with E-state index in [-0.39, 0.29) is 16.5 Å². The first-order valence-corrected chi connectivity index (χ1v) is 9.94. The number of anilines is 2. The number of carbonyl (C=O) groups excluding carboxylic acids is 1. The maximum Gasteiger partial charge on any atom is 0.292 e. The van der Waals surface area contributed by atoms with Crippen molar-refractivity contribution in [3.63, 3.8) is 0 Å². The molecule has 0 aliphatic carbocycles. The van der Waals surface area contributed by atoms with Crippen LogP contribution in [-0.4, -0.2) is 54.7 Å². The van der Waals surface area contributed by atoms with Crippen LogP contribution in [0.15, 0.2) is 53.4 Å². The number of rotatable bonds is 6. The third kappa shape index (κ3) is 4.99. The predicted molar refractivity (Wildman–Crippen MR) is 109 cm³/mol. The van der Waals surface area contributed by atoms with Gasteiger partial charge < -0.3 is 10.2 Å². The molecule has 0 bridgehead atoms. The summed E-state index contributed by atoms with van der Waals surface area (Å²) in [7, 11) is 0. The third-order valence-electron chi connectivity index (χ3n) is 4.51. The second-order valence-corrected chi connectivity index (χ2v) is 7.17. The van der Waals surface area contributed by atoms with Crippen LogP contribution in [0.5, 0.6) is 0 Å². The highest BCUT2D eigenvalue weighted by Gasteiger charge is 2.24. The molecule has 1 N–H and O–H groups in total. The van der Waals surface area contributed by atoms with Crippen molar-refractivity contribution in [3.8, 4) is 0 Å². The first kappa shape index (κ1) is 19.2. The minimum atomic E-state index is -0.349. The fraction of sp³-hybridized carbons (Fsp3) is 0.316. The SMILES string of the molecule is CSc1cccc(NC(=O)CN2CCN(c3ccccc3[N+](=O)[O-])CC2)c1. The lowest BCUT2D eigenvalue weighted by Crippen LogP contribution is -2.48. The number of benzene rings is 2. The zero-order valence-electron chi connectivity index (χ0n) is 15.1. The summed E-state index contributed by atoms with van der Waals surface area (Å²) in [4.78, 5) is 28.4. The summed E-state index contributed by atoms with van der Waals surface area (Å²) in [5, 5.41) is 14.1. The number of hydrogen-bond acceptors (Lipinski definition) is 6. The van der Waals surface area contributed by atoms with E-state index in [9.17, 15) is 14.9 Å². The van der Waals surface area contributed by atoms with Gasteiger partial charge in [-0.3, -0.25) is 19.8 Å². The summed E-state index contributed by atoms with van der Waals surface area (Å²) in [5.41, 5.74) is 1.56. The van der Waals surface area contributed by atoms with Crippen LogP contribution in [-0.2, 0) is 4.79 Å². The Morgan fingerprint density at radius 3 is 2.59 bits per heavy atom. The molecule has 2 aromatic rings. The lowest BCUT2D eigenvalue weighted by atomic mass is 10.2. The van der Waals surface area contributed by atoms with Gasteiger partial charge in [-0.25, -0.2) is 0 Å². The van der Waals surface area contributed by atoms with Crippen LogP contribution in [0, 0.1) is 10.1 Å². The molecular formula is C19H22N4O3S. The van der Waals surface area contributed by atoms with Gasteiger partial charge in [0.2, 0.25) is 5.91 Å². The molecular weight excluding hydrogens is 364 g/mol. The van der Waals surface area contributed by atoms with Crippen LogP contribution >= 0.6 is 11.8 Å². The maximum absolute atomic E-state index is 12.3. The monoisotopic (exact) mass is 386 g/mol. The van der Waals surface area contributed by atoms with Gasteiger partial charge in [0.05, 0.1) is 11.5 Å². The number of amides is 1. The van der Waals surface area contributed by atoms with Gasteiger partial charge in [0, 0.05) is 42.8 Å². The van der Waals surface area contributed by atoms with E-state index < -0.39 is 0 Å². The molecule has 8 heteroatoms. The van der Waals surface area contributed by atoms with E-state index >= 15 is 0 Å². The van der Waals surface area contributed by atoms with E-state index in [2.05, 4.69) is 10.2 Å². The fourth-order valence-electron chi connectivity index (χ4n) is 3.14. The molecule has 142 valence electrons. The molecule has 1 heterocycles. The largest absolute Gasteiger partial charge is 0.363 e. The van der Waals surface area contributed by atoms with E-state index in [0.717, 1.165) is 10.6 Å². The average molecular weight is 386 g/mol. The number of nitro groups is 1. The minimum Gasteiger partial charge on any atom is -0.363 e. The lowest BCUT2D eigenvalue weighted by Gasteiger charge is -2.35. The number of thioether (sulfide) groups is 1. The smallest absolute Gasteiger partial charge is 0.292 e. The molecule has 1 aliphatic rings. The van der Waals surface area contributed by atoms with Crippen molar-refractivity contribution in [1.82, 2.24) is 4.90 Å². The Labute approximate surface area is 162 Å². The highest BCUT2D eigenvalue weighted by Crippen LogP contribution is 2.28. The molecule has 0 atom stereocenters. The Morgan fingerprint density at radius 1 is 1.15 bits per heavy atom. The van der Waals surface area contributed by atoms with Gasteiger partial charge in [-0.05, 0) is 30.5 Å². The van der Waals surface area contributed by atoms with Crippen molar-refractivity contribution in [2.45, 2.75) is 4.90 Å². The van der Waals surface area contributed by atoms with E-state index in [4.69, 9.17) is 0 Å². The van der Waals surface area contributed by atoms with E-state index in [1.165, 1.54) is 6.07 Å². The van der Waals surface area contributed by atoms with Gasteiger partial charge in [0.15, 0.2) is 0 Å². The summed E-state index contributed by atoms with van der Waals surface area (Å²) in [5.74, 6) is -0.0487. The van der Waals surface area contributed by atoms with Crippen LogP contribution < -0.4 is 10.2 Å². The van der Waals surface area contributed by atoms with Crippen molar-refractivity contribution in [1.29, 1.82) is 0 Å². The van der Waals surface area contributed by atoms with Crippen molar-refractivity contribution in [3.05, 3.63) is 58.6 Å². The normalized spacial score (nSPS) is 14.8. The maximum atomic E-state index is 12.3. The number of hydrogen-bond donors (Lipinski definition) is 1. The van der Waals surface area contributed by atoms with E-state index in [1.54, 1.807) is 23.9 Å². The highest BCUT2D eigenvalue weighted by molar-refractivity contribution is 7.98. The van der Waals surface area contributed by atoms with Gasteiger partial charge in [0.25, 0.3) is 5.69 Å². The number of nitrogens with one attached hydrogen (secondary N) is 1. The topological polar surface area (TPSA) is 78.7 Å². The summed E-state index contributed by atoms with van der Waals surface area (Å²) in [6, 6.07) is 14.5. The fourth-order valence-corrected chi connectivity index (χ4v) is 3.60. The van der Waals surface area contributed by atoms with Crippen molar-refractivity contribution in [2.24, 2.45) is 0 Å². The van der Waals surface area contributed by atoms with Gasteiger partial charge in [-0.1, -0.05) is 18.2 Å². The van der Waals surface area contributed by atoms with Gasteiger partial charge >= 0.3 is 0 Å². The molecule has 2 aromatic carbocycles. The second kappa shape index (κ2) is 8.88. The van der Waals surface area contributed by atoms with Gasteiger partial charge in [-0.2, -0.15) is 0 Å². The zero-order chi connectivity index (χ0) is 19.2. The zero-order valence-corrected chi connectivity index (χ0v) is 15.9. The van der Waals surface area contributed by atoms with Crippen molar-refractivity contribution < 1.29 is 9.72 Å². The van der Waals surface area contributed by atoms with Gasteiger partial charge in [0.1, 0.15) is 5.69 Å². The number of nitrogens with zero attached hydrogens (tertiary/aromatic N) is 3. The molecule has 0 saturated carbocycles. The van der Waals surface area contributed by atoms with Crippen molar-refractivity contribution >= 4 is 34.7 Å². The van der Waals surface area contributed by atoms with Crippen LogP contribution in [0.3, 0.4) is 0 Å². The number of carbonyl (C=O) groups is 1. The Hall–Kier alpha value is -2.58. The predicted octanol–water partition coefficient (Wildman–Crippen LogP) is 3.08. The van der Waals surface area contributed by atoms with Crippen molar-refractivity contribution in [2.75, 3.05) is 49.2 Å². The average Bonchev–Trinajstić information content (AvgIpc) is 2.68. The second-order valence-electron chi connectivity index (χ2n) is 6.29. The summed E-state index contributed by atoms with van der Waals surface area (Å²) in [6.45, 7) is 2.99. The number of nitro benzene ring substituents is 1. The first-order chi connectivity index (χ1) is 13.1. The molecule has 1 amide bonds. The van der Waals surface area contributed by atoms with Crippen LogP contribution in [0.2, 0.25) is 0 Å². The molecule has 1 fully saturated rings. The molecule has 27 heavy (non-hydrogen) atoms. The van der Waals surface area contributed by atoms with Crippen LogP contribution in [0.1, 0.15) is 0 Å². The molecule has 0 aromatic heterocycles. The highest BCUT2D eigenvalue weighted by atomic mass is 32.2. The first-order valence-electron chi connectivity index (χ1n) is 8.71. The van der Waals surface area contributed by atoms with Gasteiger partial charge in [-0.15, -0.1) is 11.8 Å². The molecule has 3 rings (SSSR count). The number of piperazine rings is 1. The molecule has 1 aliphatic heterocycles. The Morgan fingerprint density at radius 2 is 1.89 bits per heavy atom. The Balaban J connectivity index is 1.53. The summed E-state index contributed by atoms with van der Waals surface area (Å²) >= 11 is 1.63. The quantitative estimate of drug-likeness (QED) is 0.467.